The topological polar surface area (TPSA) is 427 Å². The standard InChI is InChI=1S/C21H34N10O17P4/c22-18-16-20(26-7-24-18)30(9-28-16)14(3-34)45-12(1-32)5-44-52(42,43)48-51(40,41)11-50(38,39)47-49(36,37)6-13(2-33)46-15(4-35)31-10-29-17-19(23)25-8-27-21(17)31/h7-10,12-15,32-35H,1-6,11H2,(H,36,37)(H,38,39)(H,40,41)(H,42,43)(H2,22,24,26)(H2,23,25,27)/p-4/t12-,13-,14+,15+/m0/s1. The van der Waals surface area contributed by atoms with E-state index in [1.165, 1.54) is 0 Å². The highest BCUT2D eigenvalue weighted by atomic mass is 31.3. The van der Waals surface area contributed by atoms with Crippen molar-refractivity contribution in [3.8, 4) is 0 Å². The summed E-state index contributed by atoms with van der Waals surface area (Å²) >= 11 is 0. The Morgan fingerprint density at radius 2 is 1.12 bits per heavy atom. The molecule has 0 aliphatic carbocycles. The molecule has 52 heavy (non-hydrogen) atoms. The van der Waals surface area contributed by atoms with Crippen LogP contribution in [0.4, 0.5) is 11.6 Å². The number of nitrogens with two attached hydrogens (primary N) is 2. The molecule has 290 valence electrons. The Kier molecular flexibility index (Phi) is 13.7. The lowest BCUT2D eigenvalue weighted by Gasteiger charge is -2.38. The first kappa shape index (κ1) is 41.9. The van der Waals surface area contributed by atoms with Crippen LogP contribution < -0.4 is 31.0 Å². The summed E-state index contributed by atoms with van der Waals surface area (Å²) in [6.07, 6.45) is -3.20. The summed E-state index contributed by atoms with van der Waals surface area (Å²) in [6, 6.07) is 0. The molecule has 8 atom stereocenters. The number of imidazole rings is 2. The van der Waals surface area contributed by atoms with Gasteiger partial charge >= 0.3 is 0 Å². The molecule has 4 aromatic heterocycles. The zero-order valence-electron chi connectivity index (χ0n) is 26.2. The lowest BCUT2D eigenvalue weighted by molar-refractivity contribution is -0.234. The number of rotatable bonds is 21. The van der Waals surface area contributed by atoms with E-state index in [0.29, 0.717) is 0 Å². The second-order valence-electron chi connectivity index (χ2n) is 10.4. The fourth-order valence-electron chi connectivity index (χ4n) is 4.36. The minimum absolute atomic E-state index is 0.0158. The summed E-state index contributed by atoms with van der Waals surface area (Å²) in [4.78, 5) is 72.9. The molecular weight excluding hydrogens is 788 g/mol. The van der Waals surface area contributed by atoms with Crippen LogP contribution in [0.15, 0.2) is 25.3 Å². The van der Waals surface area contributed by atoms with E-state index in [4.69, 9.17) is 20.9 Å². The third kappa shape index (κ3) is 10.8. The number of phosphoric ester groups is 1. The van der Waals surface area contributed by atoms with Gasteiger partial charge in [-0.05, 0) is 0 Å². The predicted molar refractivity (Wildman–Crippen MR) is 164 cm³/mol. The van der Waals surface area contributed by atoms with Crippen molar-refractivity contribution in [2.45, 2.75) is 24.7 Å². The van der Waals surface area contributed by atoms with Crippen LogP contribution in [0, 0.1) is 0 Å². The Labute approximate surface area is 291 Å². The number of aliphatic hydroxyl groups excluding tert-OH is 4. The zero-order chi connectivity index (χ0) is 38.5. The number of nitrogens with zero attached hydrogens (tertiary/aromatic N) is 8. The number of fused-ring (bicyclic) bond motifs is 2. The molecule has 31 heteroatoms. The normalized spacial score (nSPS) is 19.3. The molecule has 0 saturated heterocycles. The van der Waals surface area contributed by atoms with E-state index in [0.717, 1.165) is 34.4 Å². The second kappa shape index (κ2) is 17.1. The molecule has 0 aliphatic heterocycles. The molecule has 0 fully saturated rings. The molecule has 0 radical (unpaired) electrons. The number of hydrogen-bond acceptors (Lipinski definition) is 25. The van der Waals surface area contributed by atoms with Crippen molar-refractivity contribution < 1.29 is 80.9 Å². The summed E-state index contributed by atoms with van der Waals surface area (Å²) < 4.78 is 75.0. The maximum atomic E-state index is 12.6. The minimum Gasteiger partial charge on any atom is -0.778 e. The number of phosphoric acid groups is 1. The molecule has 0 aliphatic rings. The van der Waals surface area contributed by atoms with Crippen molar-refractivity contribution in [3.63, 3.8) is 0 Å². The summed E-state index contributed by atoms with van der Waals surface area (Å²) in [5.74, 6) is -2.36. The summed E-state index contributed by atoms with van der Waals surface area (Å²) in [5, 5.41) is 38.9. The van der Waals surface area contributed by atoms with E-state index in [1.807, 2.05) is 0 Å². The Balaban J connectivity index is 1.34. The van der Waals surface area contributed by atoms with Crippen molar-refractivity contribution in [2.24, 2.45) is 0 Å². The van der Waals surface area contributed by atoms with E-state index < -0.39 is 100 Å². The highest BCUT2D eigenvalue weighted by Crippen LogP contribution is 2.65. The fourth-order valence-corrected chi connectivity index (χ4v) is 11.6. The van der Waals surface area contributed by atoms with E-state index in [-0.39, 0.29) is 34.0 Å². The van der Waals surface area contributed by atoms with Gasteiger partial charge in [0.1, 0.15) is 45.0 Å². The molecule has 27 nitrogen and oxygen atoms in total. The lowest BCUT2D eigenvalue weighted by Crippen LogP contribution is -2.31. The molecule has 0 spiro atoms. The Bertz CT molecular complexity index is 2040. The van der Waals surface area contributed by atoms with Gasteiger partial charge in [0.15, 0.2) is 43.0 Å². The molecule has 4 rings (SSSR count). The van der Waals surface area contributed by atoms with Crippen molar-refractivity contribution >= 4 is 64.6 Å². The van der Waals surface area contributed by atoms with Crippen LogP contribution in [-0.2, 0) is 40.9 Å². The van der Waals surface area contributed by atoms with Gasteiger partial charge in [0.2, 0.25) is 0 Å². The maximum Gasteiger partial charge on any atom is 0.272 e. The number of aromatic nitrogens is 8. The molecule has 4 aromatic rings. The largest absolute Gasteiger partial charge is 0.778 e. The summed E-state index contributed by atoms with van der Waals surface area (Å²) in [6.45, 7) is -4.81. The second-order valence-corrected chi connectivity index (χ2v) is 18.0. The highest BCUT2D eigenvalue weighted by molar-refractivity contribution is 7.75. The average Bonchev–Trinajstić information content (AvgIpc) is 3.68. The smallest absolute Gasteiger partial charge is 0.272 e. The maximum absolute atomic E-state index is 12.6. The van der Waals surface area contributed by atoms with Crippen LogP contribution in [0.3, 0.4) is 0 Å². The van der Waals surface area contributed by atoms with Gasteiger partial charge in [-0.1, -0.05) is 0 Å². The molecule has 4 unspecified atom stereocenters. The first-order valence-electron chi connectivity index (χ1n) is 14.2. The Hall–Kier alpha value is -2.90. The van der Waals surface area contributed by atoms with E-state index in [1.54, 1.807) is 0 Å². The van der Waals surface area contributed by atoms with Crippen molar-refractivity contribution in [3.05, 3.63) is 25.3 Å². The number of ether oxygens (including phenoxy) is 2. The highest BCUT2D eigenvalue weighted by Gasteiger charge is 2.31. The monoisotopic (exact) mass is 818 g/mol. The van der Waals surface area contributed by atoms with Gasteiger partial charge in [-0.15, -0.1) is 0 Å². The van der Waals surface area contributed by atoms with Gasteiger partial charge in [0.05, 0.1) is 57.7 Å². The van der Waals surface area contributed by atoms with Crippen molar-refractivity contribution in [1.82, 2.24) is 39.0 Å². The molecule has 0 saturated carbocycles. The molecule has 0 amide bonds. The third-order valence-electron chi connectivity index (χ3n) is 6.48. The lowest BCUT2D eigenvalue weighted by atomic mass is 10.4. The summed E-state index contributed by atoms with van der Waals surface area (Å²) in [5.41, 5.74) is 11.7. The zero-order valence-corrected chi connectivity index (χ0v) is 29.8. The first-order valence-corrected chi connectivity index (χ1v) is 20.9. The Morgan fingerprint density at radius 3 is 1.58 bits per heavy atom. The minimum atomic E-state index is -6.06. The summed E-state index contributed by atoms with van der Waals surface area (Å²) in [7, 11) is -23.7. The van der Waals surface area contributed by atoms with Crippen LogP contribution in [0.1, 0.15) is 12.5 Å². The number of hydrogen-bond donors (Lipinski definition) is 6. The van der Waals surface area contributed by atoms with E-state index in [9.17, 15) is 58.3 Å². The van der Waals surface area contributed by atoms with Crippen molar-refractivity contribution in [1.29, 1.82) is 0 Å². The van der Waals surface area contributed by atoms with Gasteiger partial charge in [-0.25, -0.2) is 29.9 Å². The third-order valence-corrected chi connectivity index (χ3v) is 14.4. The van der Waals surface area contributed by atoms with Crippen LogP contribution in [0.5, 0.6) is 0 Å². The van der Waals surface area contributed by atoms with Crippen LogP contribution in [-0.4, -0.2) is 117 Å². The molecule has 4 heterocycles. The fraction of sp³-hybridized carbons (Fsp3) is 0.524. The van der Waals surface area contributed by atoms with Gasteiger partial charge in [0.25, 0.3) is 7.82 Å². The first-order chi connectivity index (χ1) is 24.3. The van der Waals surface area contributed by atoms with E-state index in [2.05, 4.69) is 43.0 Å². The number of nitrogen functional groups attached to an aromatic ring is 2. The van der Waals surface area contributed by atoms with Gasteiger partial charge < -0.3 is 79.2 Å². The van der Waals surface area contributed by atoms with Gasteiger partial charge in [0, 0.05) is 6.16 Å². The quantitative estimate of drug-likeness (QED) is 0.0433. The van der Waals surface area contributed by atoms with Crippen LogP contribution in [0.25, 0.3) is 22.3 Å². The molecule has 0 aromatic carbocycles. The molecule has 8 N–H and O–H groups in total. The van der Waals surface area contributed by atoms with E-state index >= 15 is 0 Å². The number of aliphatic hydroxyl groups is 4. The van der Waals surface area contributed by atoms with Gasteiger partial charge in [-0.2, -0.15) is 0 Å². The molecular formula is C21H30N10O17P4-4. The predicted octanol–water partition coefficient (Wildman–Crippen LogP) is -4.30. The SMILES string of the molecule is Nc1ncnc2c1ncn2[C@@H](CO)O[C@@H](CO)COP(=O)([O-])OP(=O)([O-])CP(=O)([O-])OP(=O)([O-])C[C@H](CO)O[C@H](CO)n1cnc2c(N)ncnc21. The van der Waals surface area contributed by atoms with Crippen LogP contribution >= 0.6 is 30.6 Å². The van der Waals surface area contributed by atoms with Crippen LogP contribution in [0.2, 0.25) is 0 Å². The Morgan fingerprint density at radius 1 is 0.654 bits per heavy atom. The molecule has 0 bridgehead atoms. The average molecular weight is 818 g/mol. The van der Waals surface area contributed by atoms with Gasteiger partial charge in [-0.3, -0.25) is 22.3 Å². The number of anilines is 2. The van der Waals surface area contributed by atoms with Crippen molar-refractivity contribution in [2.75, 3.05) is 56.6 Å².